The minimum absolute atomic E-state index is 0.0207. The average molecular weight is 484 g/mol. The molecule has 0 bridgehead atoms. The normalized spacial score (nSPS) is 15.3. The molecule has 6 rings (SSSR count). The molecular formula is C25H21FN8O2. The largest absolute Gasteiger partial charge is 0.342 e. The van der Waals surface area contributed by atoms with Crippen molar-refractivity contribution in [2.45, 2.75) is 25.9 Å². The molecule has 36 heavy (non-hydrogen) atoms. The van der Waals surface area contributed by atoms with Crippen molar-refractivity contribution < 1.29 is 9.18 Å². The van der Waals surface area contributed by atoms with Gasteiger partial charge >= 0.3 is 0 Å². The molecule has 1 atom stereocenters. The summed E-state index contributed by atoms with van der Waals surface area (Å²) in [6.07, 6.45) is 3.68. The van der Waals surface area contributed by atoms with Crippen LogP contribution in [0.25, 0.3) is 22.4 Å². The van der Waals surface area contributed by atoms with Gasteiger partial charge in [0.2, 0.25) is 0 Å². The number of aromatic amines is 2. The summed E-state index contributed by atoms with van der Waals surface area (Å²) in [4.78, 5) is 34.4. The number of hydrogen-bond donors (Lipinski definition) is 2. The van der Waals surface area contributed by atoms with Gasteiger partial charge in [0.15, 0.2) is 17.5 Å². The van der Waals surface area contributed by atoms with Gasteiger partial charge in [-0.25, -0.2) is 14.5 Å². The molecule has 0 saturated heterocycles. The zero-order valence-electron chi connectivity index (χ0n) is 19.3. The highest BCUT2D eigenvalue weighted by Gasteiger charge is 2.31. The molecule has 0 spiro atoms. The van der Waals surface area contributed by atoms with Crippen molar-refractivity contribution in [3.05, 3.63) is 93.7 Å². The molecule has 1 amide bonds. The van der Waals surface area contributed by atoms with Crippen molar-refractivity contribution in [3.8, 4) is 11.6 Å². The van der Waals surface area contributed by atoms with Crippen molar-refractivity contribution in [3.63, 3.8) is 0 Å². The summed E-state index contributed by atoms with van der Waals surface area (Å²) >= 11 is 0. The molecule has 1 aliphatic rings. The average Bonchev–Trinajstić information content (AvgIpc) is 3.57. The number of carbonyl (C=O) groups excluding carboxylic acids is 1. The van der Waals surface area contributed by atoms with Gasteiger partial charge in [-0.1, -0.05) is 24.3 Å². The van der Waals surface area contributed by atoms with Crippen molar-refractivity contribution in [2.24, 2.45) is 0 Å². The quantitative estimate of drug-likeness (QED) is 0.404. The van der Waals surface area contributed by atoms with Crippen LogP contribution in [0.3, 0.4) is 0 Å². The second-order valence-electron chi connectivity index (χ2n) is 8.82. The second kappa shape index (κ2) is 8.52. The Morgan fingerprint density at radius 3 is 2.81 bits per heavy atom. The first-order valence-electron chi connectivity index (χ1n) is 11.5. The lowest BCUT2D eigenvalue weighted by atomic mass is 10.0. The van der Waals surface area contributed by atoms with Crippen LogP contribution in [0.5, 0.6) is 0 Å². The van der Waals surface area contributed by atoms with E-state index in [2.05, 4.69) is 30.4 Å². The maximum Gasteiger partial charge on any atom is 0.272 e. The molecule has 11 heteroatoms. The van der Waals surface area contributed by atoms with Crippen LogP contribution in [0.15, 0.2) is 59.7 Å². The molecule has 2 aromatic carbocycles. The second-order valence-corrected chi connectivity index (χ2v) is 8.82. The lowest BCUT2D eigenvalue weighted by molar-refractivity contribution is 0.0677. The van der Waals surface area contributed by atoms with Crippen LogP contribution in [0.4, 0.5) is 4.39 Å². The van der Waals surface area contributed by atoms with E-state index in [0.29, 0.717) is 47.1 Å². The molecule has 0 radical (unpaired) electrons. The molecular weight excluding hydrogens is 463 g/mol. The summed E-state index contributed by atoms with van der Waals surface area (Å²) in [6, 6.07) is 11.5. The van der Waals surface area contributed by atoms with Gasteiger partial charge in [0.25, 0.3) is 11.5 Å². The standard InChI is InChI=1S/C25H21FN8O2/c1-14-12-33(13-21-30-31-23(34(14)21)22-27-8-9-28-22)25(36)18-10-15(6-7-19(18)26)11-20-16-4-2-3-5-17(16)24(35)32-29-20/h2-10,14H,11-13H2,1H3,(H,27,28)(H,32,35). The lowest BCUT2D eigenvalue weighted by Crippen LogP contribution is -2.41. The van der Waals surface area contributed by atoms with Crippen molar-refractivity contribution >= 4 is 16.7 Å². The highest BCUT2D eigenvalue weighted by molar-refractivity contribution is 5.95. The number of hydrogen-bond acceptors (Lipinski definition) is 6. The topological polar surface area (TPSA) is 125 Å². The highest BCUT2D eigenvalue weighted by atomic mass is 19.1. The Balaban J connectivity index is 1.29. The van der Waals surface area contributed by atoms with E-state index in [4.69, 9.17) is 0 Å². The first kappa shape index (κ1) is 21.8. The number of halogens is 1. The zero-order chi connectivity index (χ0) is 24.8. The van der Waals surface area contributed by atoms with Crippen LogP contribution in [-0.4, -0.2) is 52.3 Å². The summed E-state index contributed by atoms with van der Waals surface area (Å²) < 4.78 is 16.8. The van der Waals surface area contributed by atoms with Crippen LogP contribution in [0.2, 0.25) is 0 Å². The Morgan fingerprint density at radius 2 is 2.00 bits per heavy atom. The van der Waals surface area contributed by atoms with Crippen molar-refractivity contribution in [1.82, 2.24) is 39.8 Å². The minimum atomic E-state index is -0.598. The molecule has 0 saturated carbocycles. The summed E-state index contributed by atoms with van der Waals surface area (Å²) in [5.74, 6) is 0.785. The third kappa shape index (κ3) is 3.65. The molecule has 0 fully saturated rings. The third-order valence-electron chi connectivity index (χ3n) is 6.43. The van der Waals surface area contributed by atoms with E-state index in [1.54, 1.807) is 41.6 Å². The van der Waals surface area contributed by atoms with Gasteiger partial charge in [-0.2, -0.15) is 5.10 Å². The number of nitrogens with zero attached hydrogens (tertiary/aromatic N) is 6. The van der Waals surface area contributed by atoms with Crippen LogP contribution >= 0.6 is 0 Å². The number of rotatable bonds is 4. The van der Waals surface area contributed by atoms with Crippen molar-refractivity contribution in [1.29, 1.82) is 0 Å². The van der Waals surface area contributed by atoms with Gasteiger partial charge in [0, 0.05) is 30.7 Å². The van der Waals surface area contributed by atoms with Gasteiger partial charge < -0.3 is 14.5 Å². The highest BCUT2D eigenvalue weighted by Crippen LogP contribution is 2.27. The first-order valence-corrected chi connectivity index (χ1v) is 11.5. The predicted molar refractivity (Wildman–Crippen MR) is 129 cm³/mol. The summed E-state index contributed by atoms with van der Waals surface area (Å²) in [5, 5.41) is 16.4. The van der Waals surface area contributed by atoms with Gasteiger partial charge in [-0.15, -0.1) is 10.2 Å². The predicted octanol–water partition coefficient (Wildman–Crippen LogP) is 2.85. The molecule has 5 aromatic rings. The SMILES string of the molecule is CC1CN(C(=O)c2cc(Cc3n[nH]c(=O)c4ccccc34)ccc2F)Cc2nnc(-c3ncc[nH]3)n21. The maximum absolute atomic E-state index is 14.8. The molecule has 1 aliphatic heterocycles. The van der Waals surface area contributed by atoms with E-state index in [1.807, 2.05) is 23.6 Å². The van der Waals surface area contributed by atoms with Crippen LogP contribution in [0.1, 0.15) is 40.4 Å². The van der Waals surface area contributed by atoms with E-state index < -0.39 is 11.7 Å². The maximum atomic E-state index is 14.8. The Hall–Kier alpha value is -4.67. The fourth-order valence-corrected chi connectivity index (χ4v) is 4.75. The van der Waals surface area contributed by atoms with Crippen LogP contribution in [-0.2, 0) is 13.0 Å². The Kier molecular flexibility index (Phi) is 5.17. The number of benzene rings is 2. The molecule has 1 unspecified atom stereocenters. The minimum Gasteiger partial charge on any atom is -0.342 e. The van der Waals surface area contributed by atoms with Crippen LogP contribution < -0.4 is 5.56 Å². The number of nitrogens with one attached hydrogen (secondary N) is 2. The molecule has 180 valence electrons. The number of imidazole rings is 1. The Bertz CT molecular complexity index is 1660. The van der Waals surface area contributed by atoms with E-state index in [1.165, 1.54) is 6.07 Å². The van der Waals surface area contributed by atoms with Gasteiger partial charge in [0.05, 0.1) is 29.2 Å². The first-order chi connectivity index (χ1) is 17.5. The molecule has 10 nitrogen and oxygen atoms in total. The monoisotopic (exact) mass is 484 g/mol. The lowest BCUT2D eigenvalue weighted by Gasteiger charge is -2.32. The van der Waals surface area contributed by atoms with E-state index in [0.717, 1.165) is 5.39 Å². The number of carbonyl (C=O) groups is 1. The summed E-state index contributed by atoms with van der Waals surface area (Å²) in [6.45, 7) is 2.53. The van der Waals surface area contributed by atoms with Gasteiger partial charge in [0.1, 0.15) is 5.82 Å². The number of amides is 1. The molecule has 4 heterocycles. The molecule has 3 aromatic heterocycles. The zero-order valence-corrected chi connectivity index (χ0v) is 19.3. The smallest absolute Gasteiger partial charge is 0.272 e. The number of fused-ring (bicyclic) bond motifs is 2. The molecule has 2 N–H and O–H groups in total. The Labute approximate surface area is 203 Å². The number of aromatic nitrogens is 7. The third-order valence-corrected chi connectivity index (χ3v) is 6.43. The van der Waals surface area contributed by atoms with Crippen molar-refractivity contribution in [2.75, 3.05) is 6.54 Å². The summed E-state index contributed by atoms with van der Waals surface area (Å²) in [5.41, 5.74) is 1.05. The Morgan fingerprint density at radius 1 is 1.17 bits per heavy atom. The van der Waals surface area contributed by atoms with E-state index >= 15 is 0 Å². The van der Waals surface area contributed by atoms with Gasteiger partial charge in [-0.05, 0) is 30.7 Å². The number of H-pyrrole nitrogens is 2. The van der Waals surface area contributed by atoms with Crippen LogP contribution in [0, 0.1) is 5.82 Å². The van der Waals surface area contributed by atoms with E-state index in [9.17, 15) is 14.0 Å². The fraction of sp³-hybridized carbons (Fsp3) is 0.200. The summed E-state index contributed by atoms with van der Waals surface area (Å²) in [7, 11) is 0. The van der Waals surface area contributed by atoms with E-state index in [-0.39, 0.29) is 23.7 Å². The van der Waals surface area contributed by atoms with Gasteiger partial charge in [-0.3, -0.25) is 9.59 Å². The molecule has 0 aliphatic carbocycles. The fourth-order valence-electron chi connectivity index (χ4n) is 4.75.